The lowest BCUT2D eigenvalue weighted by Crippen LogP contribution is -2.33. The number of unbranched alkanes of at least 4 members (excludes halogenated alkanes) is 4. The minimum atomic E-state index is -0.981. The summed E-state index contributed by atoms with van der Waals surface area (Å²) in [6.07, 6.45) is 8.07. The monoisotopic (exact) mass is 530 g/mol. The van der Waals surface area contributed by atoms with Crippen LogP contribution in [0, 0.1) is 0 Å². The summed E-state index contributed by atoms with van der Waals surface area (Å²) in [5.41, 5.74) is 1.40. The summed E-state index contributed by atoms with van der Waals surface area (Å²) in [5.74, 6) is 0.759. The molecule has 0 aliphatic rings. The predicted molar refractivity (Wildman–Crippen MR) is 147 cm³/mol. The van der Waals surface area contributed by atoms with Crippen LogP contribution in [0.3, 0.4) is 0 Å². The Morgan fingerprint density at radius 3 is 2.11 bits per heavy atom. The third-order valence-electron chi connectivity index (χ3n) is 5.77. The molecule has 11 heteroatoms. The first-order valence-corrected chi connectivity index (χ1v) is 13.3. The summed E-state index contributed by atoms with van der Waals surface area (Å²) < 4.78 is 9.10. The molecule has 2 amide bonds. The van der Waals surface area contributed by atoms with E-state index in [2.05, 4.69) is 37.9 Å². The highest BCUT2D eigenvalue weighted by Gasteiger charge is 2.15. The number of amides is 2. The number of carbonyl (C=O) groups is 2. The average Bonchev–Trinajstić information content (AvgIpc) is 3.16. The van der Waals surface area contributed by atoms with Crippen LogP contribution in [0.2, 0.25) is 0 Å². The summed E-state index contributed by atoms with van der Waals surface area (Å²) in [5, 5.41) is 22.7. The number of nitrogens with zero attached hydrogens (tertiary/aromatic N) is 5. The van der Waals surface area contributed by atoms with Gasteiger partial charge in [0.25, 0.3) is 0 Å². The molecule has 0 radical (unpaired) electrons. The van der Waals surface area contributed by atoms with Crippen LogP contribution >= 0.6 is 0 Å². The minimum absolute atomic E-state index is 0.380. The van der Waals surface area contributed by atoms with E-state index in [0.29, 0.717) is 13.1 Å². The fourth-order valence-electron chi connectivity index (χ4n) is 3.83. The summed E-state index contributed by atoms with van der Waals surface area (Å²) in [7, 11) is 3.86. The van der Waals surface area contributed by atoms with Crippen LogP contribution in [0.15, 0.2) is 46.9 Å². The Labute approximate surface area is 225 Å². The van der Waals surface area contributed by atoms with Crippen molar-refractivity contribution in [3.05, 3.63) is 36.7 Å². The van der Waals surface area contributed by atoms with E-state index < -0.39 is 11.7 Å². The van der Waals surface area contributed by atoms with Gasteiger partial charge in [0.2, 0.25) is 0 Å². The second-order valence-electron chi connectivity index (χ2n) is 10.3. The maximum Gasteiger partial charge on any atom is 0.421 e. The molecule has 0 aliphatic heterocycles. The number of benzene rings is 1. The molecule has 0 saturated heterocycles. The second kappa shape index (κ2) is 15.6. The van der Waals surface area contributed by atoms with Crippen LogP contribution in [0.5, 0.6) is 0 Å². The molecule has 0 unspecified atom stereocenters. The van der Waals surface area contributed by atoms with Crippen molar-refractivity contribution >= 4 is 29.5 Å². The quantitative estimate of drug-likeness (QED) is 0.166. The maximum absolute atomic E-state index is 11.8. The van der Waals surface area contributed by atoms with Gasteiger partial charge in [-0.25, -0.2) is 18.7 Å². The molecule has 0 bridgehead atoms. The Morgan fingerprint density at radius 2 is 1.58 bits per heavy atom. The van der Waals surface area contributed by atoms with Gasteiger partial charge in [-0.1, -0.05) is 5.11 Å². The van der Waals surface area contributed by atoms with E-state index >= 15 is 0 Å². The number of alkyl carbamates (subject to hydrolysis) is 1. The molecule has 0 spiro atoms. The van der Waals surface area contributed by atoms with E-state index in [-0.39, 0.29) is 6.09 Å². The molecule has 1 aromatic heterocycles. The zero-order chi connectivity index (χ0) is 28.0. The van der Waals surface area contributed by atoms with Gasteiger partial charge < -0.3 is 25.4 Å². The Kier molecular flexibility index (Phi) is 12.5. The number of nitrogens with one attached hydrogen (secondary N) is 2. The lowest BCUT2D eigenvalue weighted by molar-refractivity contribution is -0.657. The van der Waals surface area contributed by atoms with Gasteiger partial charge in [-0.2, -0.15) is 0 Å². The number of aryl methyl sites for hydroxylation is 2. The van der Waals surface area contributed by atoms with Crippen LogP contribution in [-0.2, 0) is 18.8 Å². The molecule has 1 aromatic carbocycles. The Hall–Kier alpha value is -3.63. The van der Waals surface area contributed by atoms with Gasteiger partial charge in [-0.05, 0) is 83.6 Å². The number of ether oxygens (including phenoxy) is 1. The molecule has 1 heterocycles. The first kappa shape index (κ1) is 30.6. The van der Waals surface area contributed by atoms with Crippen LogP contribution < -0.4 is 20.1 Å². The van der Waals surface area contributed by atoms with Crippen molar-refractivity contribution in [3.63, 3.8) is 0 Å². The number of anilines is 1. The van der Waals surface area contributed by atoms with Crippen LogP contribution in [0.4, 0.5) is 26.9 Å². The predicted octanol–water partition coefficient (Wildman–Crippen LogP) is 5.20. The van der Waals surface area contributed by atoms with E-state index in [4.69, 9.17) is 9.84 Å². The molecule has 210 valence electrons. The van der Waals surface area contributed by atoms with Gasteiger partial charge in [0.1, 0.15) is 11.3 Å². The van der Waals surface area contributed by atoms with E-state index in [1.807, 2.05) is 68.5 Å². The largest absolute Gasteiger partial charge is 0.465 e. The lowest BCUT2D eigenvalue weighted by Gasteiger charge is -2.25. The third kappa shape index (κ3) is 12.1. The van der Waals surface area contributed by atoms with Crippen molar-refractivity contribution < 1.29 is 24.0 Å². The third-order valence-corrected chi connectivity index (χ3v) is 5.77. The van der Waals surface area contributed by atoms with E-state index in [1.165, 1.54) is 0 Å². The molecule has 0 atom stereocenters. The number of carboxylic acid groups (broad SMARTS) is 1. The van der Waals surface area contributed by atoms with Gasteiger partial charge in [-0.15, -0.1) is 0 Å². The van der Waals surface area contributed by atoms with Gasteiger partial charge >= 0.3 is 18.1 Å². The number of aromatic nitrogens is 2. The standard InChI is InChI=1S/C27H43N7O4/c1-27(2,3)38-26(37)29-17-9-7-11-19-34(18-10-6-8-16-28-25(35)36)23-14-12-22(13-15-23)30-31-24-32(4)20-21-33(24)5/h12-15,20-21,28H,6-11,16-19H2,1-5H3,(H-,29,35,36,37)/p+1. The first-order chi connectivity index (χ1) is 18.0. The topological polar surface area (TPSA) is 124 Å². The second-order valence-corrected chi connectivity index (χ2v) is 10.3. The Balaban J connectivity index is 1.88. The number of imidazole rings is 1. The average molecular weight is 531 g/mol. The minimum Gasteiger partial charge on any atom is -0.465 e. The number of azo groups is 1. The lowest BCUT2D eigenvalue weighted by atomic mass is 10.1. The highest BCUT2D eigenvalue weighted by Crippen LogP contribution is 2.22. The van der Waals surface area contributed by atoms with Crippen molar-refractivity contribution in [3.8, 4) is 0 Å². The van der Waals surface area contributed by atoms with Crippen LogP contribution in [0.25, 0.3) is 0 Å². The zero-order valence-electron chi connectivity index (χ0n) is 23.4. The molecule has 2 aromatic rings. The van der Waals surface area contributed by atoms with Crippen molar-refractivity contribution in [1.29, 1.82) is 0 Å². The molecule has 0 saturated carbocycles. The van der Waals surface area contributed by atoms with Gasteiger partial charge in [0.05, 0.1) is 26.5 Å². The molecule has 2 rings (SSSR count). The molecule has 11 nitrogen and oxygen atoms in total. The van der Waals surface area contributed by atoms with E-state index in [1.54, 1.807) is 0 Å². The summed E-state index contributed by atoms with van der Waals surface area (Å²) >= 11 is 0. The van der Waals surface area contributed by atoms with Crippen molar-refractivity contribution in [2.45, 2.75) is 64.9 Å². The normalized spacial score (nSPS) is 11.5. The molecular formula is C27H44N7O4+. The fourth-order valence-corrected chi connectivity index (χ4v) is 3.83. The summed E-state index contributed by atoms with van der Waals surface area (Å²) in [4.78, 5) is 24.8. The zero-order valence-corrected chi connectivity index (χ0v) is 23.4. The first-order valence-electron chi connectivity index (χ1n) is 13.3. The summed E-state index contributed by atoms with van der Waals surface area (Å²) in [6, 6.07) is 8.07. The smallest absolute Gasteiger partial charge is 0.421 e. The van der Waals surface area contributed by atoms with Crippen molar-refractivity contribution in [1.82, 2.24) is 15.2 Å². The molecule has 0 aliphatic carbocycles. The molecule has 38 heavy (non-hydrogen) atoms. The SMILES string of the molecule is Cn1cc[n+](C)c1N=Nc1ccc(N(CCCCCNC(=O)O)CCCCCNC(=O)OC(C)(C)C)cc1. The highest BCUT2D eigenvalue weighted by atomic mass is 16.6. The van der Waals surface area contributed by atoms with Crippen LogP contribution in [-0.4, -0.2) is 53.6 Å². The number of hydrogen-bond acceptors (Lipinski definition) is 6. The summed E-state index contributed by atoms with van der Waals surface area (Å²) in [6.45, 7) is 8.37. The van der Waals surface area contributed by atoms with Crippen LogP contribution in [0.1, 0.15) is 59.3 Å². The van der Waals surface area contributed by atoms with E-state index in [0.717, 1.165) is 68.9 Å². The Morgan fingerprint density at radius 1 is 0.974 bits per heavy atom. The van der Waals surface area contributed by atoms with E-state index in [9.17, 15) is 9.59 Å². The van der Waals surface area contributed by atoms with Gasteiger partial charge in [0, 0.05) is 37.0 Å². The maximum atomic E-state index is 11.8. The molecule has 0 fully saturated rings. The van der Waals surface area contributed by atoms with Crippen molar-refractivity contribution in [2.24, 2.45) is 24.3 Å². The highest BCUT2D eigenvalue weighted by molar-refractivity contribution is 5.67. The fraction of sp³-hybridized carbons (Fsp3) is 0.593. The molecule has 3 N–H and O–H groups in total. The number of carbonyl (C=O) groups excluding carboxylic acids is 1. The Bertz CT molecular complexity index is 1010. The van der Waals surface area contributed by atoms with Gasteiger partial charge in [0.15, 0.2) is 0 Å². The molecular weight excluding hydrogens is 486 g/mol. The number of rotatable bonds is 15. The van der Waals surface area contributed by atoms with Gasteiger partial charge in [-0.3, -0.25) is 0 Å². The number of hydrogen-bond donors (Lipinski definition) is 3. The van der Waals surface area contributed by atoms with Crippen molar-refractivity contribution in [2.75, 3.05) is 31.1 Å².